The Bertz CT molecular complexity index is 547. The molecule has 2 aromatic carbocycles. The van der Waals surface area contributed by atoms with Gasteiger partial charge < -0.3 is 9.47 Å². The van der Waals surface area contributed by atoms with E-state index >= 15 is 0 Å². The average Bonchev–Trinajstić information content (AvgIpc) is 2.57. The second kappa shape index (κ2) is 6.97. The van der Waals surface area contributed by atoms with Crippen molar-refractivity contribution in [3.8, 4) is 11.5 Å². The zero-order chi connectivity index (χ0) is 14.5. The predicted octanol–water partition coefficient (Wildman–Crippen LogP) is 5.19. The van der Waals surface area contributed by atoms with Crippen LogP contribution in [0.3, 0.4) is 0 Å². The largest absolute Gasteiger partial charge is 0.457 e. The van der Waals surface area contributed by atoms with Gasteiger partial charge in [0.2, 0.25) is 0 Å². The number of hydrogen-bond acceptors (Lipinski definition) is 2. The van der Waals surface area contributed by atoms with Crippen LogP contribution in [0.2, 0.25) is 0 Å². The first-order chi connectivity index (χ1) is 10.3. The van der Waals surface area contributed by atoms with Gasteiger partial charge in [-0.3, -0.25) is 0 Å². The van der Waals surface area contributed by atoms with Crippen molar-refractivity contribution in [2.24, 2.45) is 5.92 Å². The maximum absolute atomic E-state index is 6.60. The summed E-state index contributed by atoms with van der Waals surface area (Å²) in [5, 5.41) is 0.0553. The van der Waals surface area contributed by atoms with E-state index in [4.69, 9.17) is 21.1 Å². The molecule has 110 valence electrons. The van der Waals surface area contributed by atoms with E-state index in [1.165, 1.54) is 0 Å². The molecule has 0 bridgehead atoms. The maximum Gasteiger partial charge on any atom is 0.127 e. The molecule has 0 aliphatic carbocycles. The lowest BCUT2D eigenvalue weighted by Crippen LogP contribution is -2.19. The van der Waals surface area contributed by atoms with E-state index in [0.29, 0.717) is 5.92 Å². The molecule has 1 saturated heterocycles. The summed E-state index contributed by atoms with van der Waals surface area (Å²) in [6.07, 6.45) is 2.08. The van der Waals surface area contributed by atoms with Crippen molar-refractivity contribution in [2.75, 3.05) is 13.2 Å². The Morgan fingerprint density at radius 2 is 1.52 bits per heavy atom. The molecule has 0 radical (unpaired) electrons. The van der Waals surface area contributed by atoms with Gasteiger partial charge >= 0.3 is 0 Å². The fraction of sp³-hybridized carbons (Fsp3) is 0.333. The maximum atomic E-state index is 6.60. The second-order valence-corrected chi connectivity index (χ2v) is 5.81. The van der Waals surface area contributed by atoms with Crippen LogP contribution in [0.25, 0.3) is 0 Å². The van der Waals surface area contributed by atoms with E-state index in [1.54, 1.807) is 0 Å². The molecule has 1 heterocycles. The molecular weight excluding hydrogens is 284 g/mol. The van der Waals surface area contributed by atoms with Crippen LogP contribution in [0.15, 0.2) is 54.6 Å². The molecule has 1 aliphatic heterocycles. The van der Waals surface area contributed by atoms with Crippen LogP contribution in [0.5, 0.6) is 11.5 Å². The fourth-order valence-corrected chi connectivity index (χ4v) is 3.02. The van der Waals surface area contributed by atoms with Gasteiger partial charge in [-0.1, -0.05) is 30.3 Å². The van der Waals surface area contributed by atoms with Crippen molar-refractivity contribution in [1.29, 1.82) is 0 Å². The number of ether oxygens (including phenoxy) is 2. The van der Waals surface area contributed by atoms with Crippen molar-refractivity contribution in [1.82, 2.24) is 0 Å². The van der Waals surface area contributed by atoms with Gasteiger partial charge in [-0.05, 0) is 48.6 Å². The highest BCUT2D eigenvalue weighted by Crippen LogP contribution is 2.36. The lowest BCUT2D eigenvalue weighted by molar-refractivity contribution is 0.0650. The Hall–Kier alpha value is -1.51. The van der Waals surface area contributed by atoms with Gasteiger partial charge in [0.25, 0.3) is 0 Å². The highest BCUT2D eigenvalue weighted by Gasteiger charge is 2.23. The van der Waals surface area contributed by atoms with E-state index in [-0.39, 0.29) is 5.38 Å². The van der Waals surface area contributed by atoms with Crippen molar-refractivity contribution in [2.45, 2.75) is 18.2 Å². The molecule has 21 heavy (non-hydrogen) atoms. The molecular formula is C18H19ClO2. The van der Waals surface area contributed by atoms with E-state index in [2.05, 4.69) is 12.1 Å². The molecule has 1 atom stereocenters. The van der Waals surface area contributed by atoms with E-state index in [1.807, 2.05) is 42.5 Å². The fourth-order valence-electron chi connectivity index (χ4n) is 2.62. The summed E-state index contributed by atoms with van der Waals surface area (Å²) in [4.78, 5) is 0. The summed E-state index contributed by atoms with van der Waals surface area (Å²) in [6.45, 7) is 1.65. The molecule has 1 aliphatic rings. The van der Waals surface area contributed by atoms with Crippen LogP contribution in [0, 0.1) is 5.92 Å². The first kappa shape index (κ1) is 14.4. The molecule has 2 aromatic rings. The number of halogens is 1. The minimum atomic E-state index is 0.0553. The van der Waals surface area contributed by atoms with E-state index in [0.717, 1.165) is 43.1 Å². The van der Waals surface area contributed by atoms with Crippen LogP contribution in [-0.4, -0.2) is 13.2 Å². The smallest absolute Gasteiger partial charge is 0.127 e. The van der Waals surface area contributed by atoms with Crippen molar-refractivity contribution in [3.05, 3.63) is 60.2 Å². The molecule has 3 heteroatoms. The molecule has 0 amide bonds. The Kier molecular flexibility index (Phi) is 4.79. The van der Waals surface area contributed by atoms with Crippen LogP contribution < -0.4 is 4.74 Å². The Labute approximate surface area is 130 Å². The zero-order valence-corrected chi connectivity index (χ0v) is 12.6. The Balaban J connectivity index is 1.66. The summed E-state index contributed by atoms with van der Waals surface area (Å²) in [5.74, 6) is 2.18. The summed E-state index contributed by atoms with van der Waals surface area (Å²) >= 11 is 6.60. The molecule has 0 spiro atoms. The first-order valence-corrected chi connectivity index (χ1v) is 7.81. The summed E-state index contributed by atoms with van der Waals surface area (Å²) in [5.41, 5.74) is 1.16. The molecule has 0 N–H and O–H groups in total. The minimum Gasteiger partial charge on any atom is -0.457 e. The third-order valence-corrected chi connectivity index (χ3v) is 4.47. The number of alkyl halides is 1. The molecule has 0 saturated carbocycles. The van der Waals surface area contributed by atoms with Gasteiger partial charge in [-0.15, -0.1) is 11.6 Å². The molecule has 1 fully saturated rings. The number of benzene rings is 2. The monoisotopic (exact) mass is 302 g/mol. The van der Waals surface area contributed by atoms with Gasteiger partial charge in [0, 0.05) is 13.2 Å². The van der Waals surface area contributed by atoms with Gasteiger partial charge in [0.05, 0.1) is 5.38 Å². The average molecular weight is 303 g/mol. The Morgan fingerprint density at radius 3 is 2.19 bits per heavy atom. The highest BCUT2D eigenvalue weighted by atomic mass is 35.5. The van der Waals surface area contributed by atoms with Crippen LogP contribution in [-0.2, 0) is 4.74 Å². The first-order valence-electron chi connectivity index (χ1n) is 7.37. The second-order valence-electron chi connectivity index (χ2n) is 5.34. The minimum absolute atomic E-state index is 0.0553. The Morgan fingerprint density at radius 1 is 0.905 bits per heavy atom. The van der Waals surface area contributed by atoms with Crippen molar-refractivity contribution in [3.63, 3.8) is 0 Å². The van der Waals surface area contributed by atoms with Crippen LogP contribution in [0.4, 0.5) is 0 Å². The normalized spacial score (nSPS) is 17.4. The van der Waals surface area contributed by atoms with Crippen LogP contribution >= 0.6 is 11.6 Å². The van der Waals surface area contributed by atoms with E-state index < -0.39 is 0 Å². The molecule has 3 rings (SSSR count). The standard InChI is InChI=1S/C18H19ClO2/c19-18(15-10-12-20-13-11-15)14-6-8-17(9-7-14)21-16-4-2-1-3-5-16/h1-9,15,18H,10-13H2. The SMILES string of the molecule is ClC(c1ccc(Oc2ccccc2)cc1)C1CCOCC1. The van der Waals surface area contributed by atoms with Gasteiger partial charge in [-0.2, -0.15) is 0 Å². The summed E-state index contributed by atoms with van der Waals surface area (Å²) < 4.78 is 11.2. The predicted molar refractivity (Wildman–Crippen MR) is 85.1 cm³/mol. The van der Waals surface area contributed by atoms with Gasteiger partial charge in [0.15, 0.2) is 0 Å². The third kappa shape index (κ3) is 3.78. The van der Waals surface area contributed by atoms with Gasteiger partial charge in [0.1, 0.15) is 11.5 Å². The lowest BCUT2D eigenvalue weighted by atomic mass is 9.92. The zero-order valence-electron chi connectivity index (χ0n) is 11.9. The lowest BCUT2D eigenvalue weighted by Gasteiger charge is -2.26. The highest BCUT2D eigenvalue weighted by molar-refractivity contribution is 6.21. The number of rotatable bonds is 4. The summed E-state index contributed by atoms with van der Waals surface area (Å²) in [6, 6.07) is 17.9. The van der Waals surface area contributed by atoms with Crippen molar-refractivity contribution < 1.29 is 9.47 Å². The third-order valence-electron chi connectivity index (χ3n) is 3.86. The van der Waals surface area contributed by atoms with Crippen molar-refractivity contribution >= 4 is 11.6 Å². The topological polar surface area (TPSA) is 18.5 Å². The number of hydrogen-bond donors (Lipinski definition) is 0. The van der Waals surface area contributed by atoms with Crippen LogP contribution in [0.1, 0.15) is 23.8 Å². The summed E-state index contributed by atoms with van der Waals surface area (Å²) in [7, 11) is 0. The van der Waals surface area contributed by atoms with Gasteiger partial charge in [-0.25, -0.2) is 0 Å². The number of para-hydroxylation sites is 1. The molecule has 2 nitrogen and oxygen atoms in total. The van der Waals surface area contributed by atoms with E-state index in [9.17, 15) is 0 Å². The molecule has 0 aromatic heterocycles. The quantitative estimate of drug-likeness (QED) is 0.724. The molecule has 1 unspecified atom stereocenters.